The molecule has 2 aliphatic heterocycles. The van der Waals surface area contributed by atoms with Crippen LogP contribution in [0.2, 0.25) is 0 Å². The van der Waals surface area contributed by atoms with Crippen LogP contribution in [-0.2, 0) is 10.8 Å². The van der Waals surface area contributed by atoms with Gasteiger partial charge in [0.15, 0.2) is 11.5 Å². The van der Waals surface area contributed by atoms with E-state index in [1.807, 2.05) is 0 Å². The van der Waals surface area contributed by atoms with Crippen molar-refractivity contribution >= 4 is 44.9 Å². The van der Waals surface area contributed by atoms with Gasteiger partial charge in [0.05, 0.1) is 28.2 Å². The molecular weight excluding hydrogens is 717 g/mol. The lowest BCUT2D eigenvalue weighted by Crippen LogP contribution is -2.34. The van der Waals surface area contributed by atoms with E-state index < -0.39 is 5.41 Å². The Bertz CT molecular complexity index is 3190. The van der Waals surface area contributed by atoms with Gasteiger partial charge >= 0.3 is 0 Å². The molecule has 0 fully saturated rings. The number of nitrogens with zero attached hydrogens (tertiary/aromatic N) is 2. The lowest BCUT2D eigenvalue weighted by Gasteiger charge is -2.47. The van der Waals surface area contributed by atoms with Gasteiger partial charge in [-0.25, -0.2) is 0 Å². The molecule has 0 atom stereocenters. The molecule has 278 valence electrons. The second-order valence-corrected chi connectivity index (χ2v) is 16.8. The Morgan fingerprint density at radius 2 is 1.00 bits per heavy atom. The first-order chi connectivity index (χ1) is 29.0. The van der Waals surface area contributed by atoms with Gasteiger partial charge < -0.3 is 14.5 Å². The van der Waals surface area contributed by atoms with Gasteiger partial charge in [-0.15, -0.1) is 0 Å². The summed E-state index contributed by atoms with van der Waals surface area (Å²) in [5.74, 6) is 1.73. The van der Waals surface area contributed by atoms with Crippen molar-refractivity contribution in [3.8, 4) is 33.8 Å². The van der Waals surface area contributed by atoms with Crippen LogP contribution in [0.25, 0.3) is 33.0 Å². The topological polar surface area (TPSA) is 15.7 Å². The van der Waals surface area contributed by atoms with Crippen LogP contribution in [0.5, 0.6) is 11.5 Å². The van der Waals surface area contributed by atoms with E-state index in [1.54, 1.807) is 0 Å². The summed E-state index contributed by atoms with van der Waals surface area (Å²) in [5.41, 5.74) is 18.9. The second-order valence-electron chi connectivity index (χ2n) is 16.8. The van der Waals surface area contributed by atoms with E-state index in [1.165, 1.54) is 72.1 Å². The molecule has 0 amide bonds. The zero-order valence-corrected chi connectivity index (χ0v) is 32.8. The van der Waals surface area contributed by atoms with Gasteiger partial charge in [-0.05, 0) is 104 Å². The van der Waals surface area contributed by atoms with E-state index >= 15 is 0 Å². The van der Waals surface area contributed by atoms with Crippen molar-refractivity contribution in [1.29, 1.82) is 0 Å². The maximum atomic E-state index is 6.95. The normalized spacial score (nSPS) is 15.0. The molecule has 0 N–H and O–H groups in total. The SMILES string of the molecule is CC1(C)c2ccccc2N2c3c(ccc(N(c4ccccc4)c4ccc5c(c4)C4(c6ccccc6-c6ccccc64)c4ccccc4-5)c31)Oc1ccc3ccccc3c12. The maximum absolute atomic E-state index is 6.95. The monoisotopic (exact) mass is 754 g/mol. The fraction of sp³-hybridized carbons (Fsp3) is 0.0714. The first kappa shape index (κ1) is 32.7. The van der Waals surface area contributed by atoms with Crippen molar-refractivity contribution in [3.63, 3.8) is 0 Å². The van der Waals surface area contributed by atoms with Crippen molar-refractivity contribution in [3.05, 3.63) is 228 Å². The highest BCUT2D eigenvalue weighted by molar-refractivity contribution is 6.07. The number of hydrogen-bond donors (Lipinski definition) is 0. The van der Waals surface area contributed by atoms with Crippen molar-refractivity contribution in [2.75, 3.05) is 9.80 Å². The number of anilines is 6. The molecule has 0 unspecified atom stereocenters. The van der Waals surface area contributed by atoms with Crippen molar-refractivity contribution in [2.24, 2.45) is 0 Å². The average Bonchev–Trinajstić information content (AvgIpc) is 3.75. The first-order valence-electron chi connectivity index (χ1n) is 20.6. The van der Waals surface area contributed by atoms with E-state index in [4.69, 9.17) is 4.74 Å². The fourth-order valence-corrected chi connectivity index (χ4v) is 11.2. The third kappa shape index (κ3) is 4.11. The second kappa shape index (κ2) is 11.6. The van der Waals surface area contributed by atoms with Crippen molar-refractivity contribution in [2.45, 2.75) is 24.7 Å². The van der Waals surface area contributed by atoms with E-state index in [2.05, 4.69) is 218 Å². The molecular formula is C56H38N2O. The summed E-state index contributed by atoms with van der Waals surface area (Å²) in [4.78, 5) is 4.98. The number of benzene rings is 9. The molecule has 2 heterocycles. The highest BCUT2D eigenvalue weighted by Crippen LogP contribution is 2.66. The molecule has 0 bridgehead atoms. The van der Waals surface area contributed by atoms with Crippen LogP contribution in [0.3, 0.4) is 0 Å². The summed E-state index contributed by atoms with van der Waals surface area (Å²) in [6.45, 7) is 4.76. The van der Waals surface area contributed by atoms with E-state index in [0.717, 1.165) is 39.9 Å². The smallest absolute Gasteiger partial charge is 0.152 e. The van der Waals surface area contributed by atoms with Gasteiger partial charge in [0, 0.05) is 27.7 Å². The zero-order valence-electron chi connectivity index (χ0n) is 32.8. The minimum absolute atomic E-state index is 0.385. The lowest BCUT2D eigenvalue weighted by molar-refractivity contribution is 0.472. The predicted molar refractivity (Wildman–Crippen MR) is 242 cm³/mol. The molecule has 13 rings (SSSR count). The third-order valence-corrected chi connectivity index (χ3v) is 13.6. The molecule has 3 heteroatoms. The Kier molecular flexibility index (Phi) is 6.44. The van der Waals surface area contributed by atoms with E-state index in [0.29, 0.717) is 0 Å². The molecule has 0 radical (unpaired) electrons. The van der Waals surface area contributed by atoms with Gasteiger partial charge in [0.2, 0.25) is 0 Å². The fourth-order valence-electron chi connectivity index (χ4n) is 11.2. The maximum Gasteiger partial charge on any atom is 0.152 e. The van der Waals surface area contributed by atoms with Crippen molar-refractivity contribution < 1.29 is 4.74 Å². The summed E-state index contributed by atoms with van der Waals surface area (Å²) in [6.07, 6.45) is 0. The van der Waals surface area contributed by atoms with Crippen LogP contribution in [0, 0.1) is 0 Å². The number of rotatable bonds is 3. The molecule has 59 heavy (non-hydrogen) atoms. The van der Waals surface area contributed by atoms with Crippen LogP contribution in [0.1, 0.15) is 47.2 Å². The van der Waals surface area contributed by atoms with Gasteiger partial charge in [-0.2, -0.15) is 0 Å². The lowest BCUT2D eigenvalue weighted by atomic mass is 9.70. The largest absolute Gasteiger partial charge is 0.453 e. The van der Waals surface area contributed by atoms with Crippen LogP contribution in [-0.4, -0.2) is 0 Å². The Balaban J connectivity index is 1.11. The minimum atomic E-state index is -0.449. The minimum Gasteiger partial charge on any atom is -0.453 e. The van der Waals surface area contributed by atoms with E-state index in [9.17, 15) is 0 Å². The van der Waals surface area contributed by atoms with Crippen LogP contribution in [0.4, 0.5) is 34.1 Å². The summed E-state index contributed by atoms with van der Waals surface area (Å²) in [6, 6.07) is 71.6. The Morgan fingerprint density at radius 1 is 0.441 bits per heavy atom. The average molecular weight is 755 g/mol. The van der Waals surface area contributed by atoms with Crippen LogP contribution in [0.15, 0.2) is 194 Å². The zero-order chi connectivity index (χ0) is 39.0. The quantitative estimate of drug-likeness (QED) is 0.179. The van der Waals surface area contributed by atoms with E-state index in [-0.39, 0.29) is 5.41 Å². The first-order valence-corrected chi connectivity index (χ1v) is 20.6. The molecule has 4 aliphatic rings. The molecule has 1 spiro atoms. The summed E-state index contributed by atoms with van der Waals surface area (Å²) in [7, 11) is 0. The van der Waals surface area contributed by atoms with Gasteiger partial charge in [-0.3, -0.25) is 0 Å². The molecule has 0 saturated carbocycles. The Morgan fingerprint density at radius 3 is 1.71 bits per heavy atom. The summed E-state index contributed by atoms with van der Waals surface area (Å²) >= 11 is 0. The number of ether oxygens (including phenoxy) is 1. The highest BCUT2D eigenvalue weighted by atomic mass is 16.5. The molecule has 0 aromatic heterocycles. The molecule has 2 aliphatic carbocycles. The standard InChI is InChI=1S/C56H38N2O/c1-55(2)46-26-14-15-27-48(46)58-53-38-19-7-6-16-35(38)28-32-50(53)59-51-33-31-49(52(55)54(51)58)57(36-17-4-3-5-18-36)37-29-30-42-41-22-10-13-25-45(41)56(47(42)34-37)43-23-11-8-20-39(43)40-21-9-12-24-44(40)56/h3-34H,1-2H3. The highest BCUT2D eigenvalue weighted by Gasteiger charge is 2.52. The number of hydrogen-bond acceptors (Lipinski definition) is 3. The summed E-state index contributed by atoms with van der Waals surface area (Å²) in [5, 5.41) is 2.36. The number of para-hydroxylation sites is 2. The summed E-state index contributed by atoms with van der Waals surface area (Å²) < 4.78 is 6.95. The van der Waals surface area contributed by atoms with Crippen LogP contribution < -0.4 is 14.5 Å². The predicted octanol–water partition coefficient (Wildman–Crippen LogP) is 14.9. The van der Waals surface area contributed by atoms with Crippen molar-refractivity contribution in [1.82, 2.24) is 0 Å². The van der Waals surface area contributed by atoms with Gasteiger partial charge in [0.1, 0.15) is 0 Å². The van der Waals surface area contributed by atoms with Gasteiger partial charge in [0.25, 0.3) is 0 Å². The molecule has 0 saturated heterocycles. The molecule has 9 aromatic rings. The Labute approximate surface area is 344 Å². The third-order valence-electron chi connectivity index (χ3n) is 13.6. The molecule has 3 nitrogen and oxygen atoms in total. The number of fused-ring (bicyclic) bond motifs is 16. The van der Waals surface area contributed by atoms with Crippen LogP contribution >= 0.6 is 0 Å². The Hall–Kier alpha value is -7.36. The van der Waals surface area contributed by atoms with Gasteiger partial charge in [-0.1, -0.05) is 159 Å². The molecule has 9 aromatic carbocycles.